The summed E-state index contributed by atoms with van der Waals surface area (Å²) in [6.07, 6.45) is 0.531. The molecular weight excluding hydrogens is 448 g/mol. The molecule has 0 bridgehead atoms. The number of nitrogens with one attached hydrogen (secondary N) is 1. The Morgan fingerprint density at radius 1 is 1.12 bits per heavy atom. The van der Waals surface area contributed by atoms with E-state index in [1.807, 2.05) is 41.9 Å². The second-order valence-corrected chi connectivity index (χ2v) is 8.44. The van der Waals surface area contributed by atoms with E-state index in [0.29, 0.717) is 45.2 Å². The van der Waals surface area contributed by atoms with Gasteiger partial charge in [-0.15, -0.1) is 10.2 Å². The van der Waals surface area contributed by atoms with Gasteiger partial charge < -0.3 is 19.4 Å². The van der Waals surface area contributed by atoms with E-state index in [0.717, 1.165) is 5.56 Å². The van der Waals surface area contributed by atoms with E-state index in [-0.39, 0.29) is 5.91 Å². The molecule has 1 amide bonds. The maximum atomic E-state index is 13.3. The van der Waals surface area contributed by atoms with Crippen LogP contribution in [0.1, 0.15) is 27.8 Å². The average Bonchev–Trinajstić information content (AvgIpc) is 3.17. The van der Waals surface area contributed by atoms with Crippen LogP contribution in [0.3, 0.4) is 0 Å². The summed E-state index contributed by atoms with van der Waals surface area (Å²) in [6.45, 7) is 3.71. The number of hydrogen-bond acceptors (Lipinski definition) is 6. The molecule has 0 spiro atoms. The van der Waals surface area contributed by atoms with Crippen molar-refractivity contribution in [3.05, 3.63) is 77.1 Å². The van der Waals surface area contributed by atoms with Crippen LogP contribution in [0.2, 0.25) is 0 Å². The van der Waals surface area contributed by atoms with Crippen molar-refractivity contribution in [3.63, 3.8) is 0 Å². The molecule has 1 atom stereocenters. The zero-order valence-corrected chi connectivity index (χ0v) is 19.7. The lowest BCUT2D eigenvalue weighted by Gasteiger charge is -2.20. The van der Waals surface area contributed by atoms with Crippen LogP contribution in [0.5, 0.6) is 11.5 Å². The maximum Gasteiger partial charge on any atom is 0.259 e. The fourth-order valence-corrected chi connectivity index (χ4v) is 4.10. The van der Waals surface area contributed by atoms with Crippen LogP contribution in [-0.2, 0) is 13.5 Å². The number of methoxy groups -OCH3 is 2. The third-order valence-corrected chi connectivity index (χ3v) is 6.18. The van der Waals surface area contributed by atoms with Crippen LogP contribution in [0.4, 0.5) is 0 Å². The first kappa shape index (κ1) is 23.7. The number of carbonyl (C=O) groups excluding carboxylic acids is 1. The summed E-state index contributed by atoms with van der Waals surface area (Å²) in [5.74, 6) is 1.66. The topological polar surface area (TPSA) is 78.3 Å². The van der Waals surface area contributed by atoms with Gasteiger partial charge in [0.15, 0.2) is 11.0 Å². The molecule has 32 heavy (non-hydrogen) atoms. The minimum atomic E-state index is -0.439. The van der Waals surface area contributed by atoms with Crippen LogP contribution >= 0.6 is 23.4 Å². The van der Waals surface area contributed by atoms with Crippen LogP contribution in [0.15, 0.2) is 65.3 Å². The zero-order valence-electron chi connectivity index (χ0n) is 18.2. The molecule has 0 aliphatic carbocycles. The predicted octanol–water partition coefficient (Wildman–Crippen LogP) is 4.39. The molecule has 1 unspecified atom stereocenters. The summed E-state index contributed by atoms with van der Waals surface area (Å²) in [5, 5.41) is 12.9. The van der Waals surface area contributed by atoms with Crippen molar-refractivity contribution in [2.75, 3.05) is 20.0 Å². The van der Waals surface area contributed by atoms with Gasteiger partial charge in [-0.05, 0) is 24.1 Å². The molecule has 3 aromatic rings. The van der Waals surface area contributed by atoms with Gasteiger partial charge in [-0.25, -0.2) is 0 Å². The highest BCUT2D eigenvalue weighted by Crippen LogP contribution is 2.30. The molecule has 9 heteroatoms. The monoisotopic (exact) mass is 472 g/mol. The van der Waals surface area contributed by atoms with Gasteiger partial charge in [0.25, 0.3) is 5.91 Å². The number of halogens is 1. The van der Waals surface area contributed by atoms with Gasteiger partial charge >= 0.3 is 0 Å². The van der Waals surface area contributed by atoms with Crippen LogP contribution < -0.4 is 14.8 Å². The Labute approximate surface area is 196 Å². The predicted molar refractivity (Wildman–Crippen MR) is 127 cm³/mol. The van der Waals surface area contributed by atoms with E-state index < -0.39 is 6.04 Å². The number of rotatable bonds is 10. The molecule has 1 heterocycles. The first-order valence-corrected chi connectivity index (χ1v) is 11.2. The number of amides is 1. The number of ether oxygens (including phenoxy) is 2. The SMILES string of the molecule is C=C(Cl)CSc1nnc(C(Cc2ccccc2)NC(=O)c2c(OC)cccc2OC)n1C. The molecule has 1 aromatic heterocycles. The number of hydrogen-bond donors (Lipinski definition) is 1. The van der Waals surface area contributed by atoms with Crippen molar-refractivity contribution in [1.29, 1.82) is 0 Å². The van der Waals surface area contributed by atoms with Crippen molar-refractivity contribution in [2.45, 2.75) is 17.6 Å². The van der Waals surface area contributed by atoms with Crippen LogP contribution in [-0.4, -0.2) is 40.6 Å². The largest absolute Gasteiger partial charge is 0.496 e. The van der Waals surface area contributed by atoms with Crippen LogP contribution in [0.25, 0.3) is 0 Å². The standard InChI is InChI=1S/C23H25ClN4O3S/c1-15(24)14-32-23-27-26-21(28(23)2)17(13-16-9-6-5-7-10-16)25-22(29)20-18(30-3)11-8-12-19(20)31-4/h5-12,17H,1,13-14H2,2-4H3,(H,25,29). The van der Waals surface area contributed by atoms with E-state index in [1.54, 1.807) is 18.2 Å². The Balaban J connectivity index is 1.95. The molecule has 3 rings (SSSR count). The minimum Gasteiger partial charge on any atom is -0.496 e. The van der Waals surface area contributed by atoms with Gasteiger partial charge in [0.05, 0.1) is 20.3 Å². The highest BCUT2D eigenvalue weighted by Gasteiger charge is 2.26. The quantitative estimate of drug-likeness (QED) is 0.441. The van der Waals surface area contributed by atoms with Gasteiger partial charge in [0.1, 0.15) is 17.1 Å². The van der Waals surface area contributed by atoms with Gasteiger partial charge in [0, 0.05) is 17.8 Å². The smallest absolute Gasteiger partial charge is 0.259 e. The third kappa shape index (κ3) is 5.63. The molecule has 2 aromatic carbocycles. The van der Waals surface area contributed by atoms with Crippen LogP contribution in [0, 0.1) is 0 Å². The highest BCUT2D eigenvalue weighted by molar-refractivity contribution is 7.99. The highest BCUT2D eigenvalue weighted by atomic mass is 35.5. The van der Waals surface area contributed by atoms with E-state index >= 15 is 0 Å². The number of benzene rings is 2. The van der Waals surface area contributed by atoms with E-state index in [2.05, 4.69) is 22.1 Å². The Kier molecular flexibility index (Phi) is 8.19. The number of nitrogens with zero attached hydrogens (tertiary/aromatic N) is 3. The van der Waals surface area contributed by atoms with Crippen molar-refractivity contribution in [1.82, 2.24) is 20.1 Å². The Morgan fingerprint density at radius 2 is 1.78 bits per heavy atom. The van der Waals surface area contributed by atoms with Gasteiger partial charge in [0.2, 0.25) is 0 Å². The summed E-state index contributed by atoms with van der Waals surface area (Å²) >= 11 is 7.33. The van der Waals surface area contributed by atoms with Gasteiger partial charge in [-0.1, -0.05) is 66.3 Å². The lowest BCUT2D eigenvalue weighted by Crippen LogP contribution is -2.32. The molecule has 0 aliphatic rings. The molecule has 0 saturated heterocycles. The number of carbonyl (C=O) groups is 1. The number of thioether (sulfide) groups is 1. The lowest BCUT2D eigenvalue weighted by molar-refractivity contribution is 0.0927. The molecule has 0 fully saturated rings. The molecular formula is C23H25ClN4O3S. The lowest BCUT2D eigenvalue weighted by atomic mass is 10.0. The first-order valence-electron chi connectivity index (χ1n) is 9.85. The molecule has 168 valence electrons. The summed E-state index contributed by atoms with van der Waals surface area (Å²) in [4.78, 5) is 13.3. The second kappa shape index (κ2) is 11.1. The van der Waals surface area contributed by atoms with Crippen molar-refractivity contribution in [2.24, 2.45) is 7.05 Å². The molecule has 0 aliphatic heterocycles. The van der Waals surface area contributed by atoms with Gasteiger partial charge in [-0.3, -0.25) is 4.79 Å². The zero-order chi connectivity index (χ0) is 23.1. The second-order valence-electron chi connectivity index (χ2n) is 6.96. The molecule has 7 nitrogen and oxygen atoms in total. The average molecular weight is 473 g/mol. The number of aromatic nitrogens is 3. The van der Waals surface area contributed by atoms with Crippen molar-refractivity contribution >= 4 is 29.3 Å². The summed E-state index contributed by atoms with van der Waals surface area (Å²) in [5.41, 5.74) is 1.38. The fraction of sp³-hybridized carbons (Fsp3) is 0.261. The molecule has 0 saturated carbocycles. The Hall–Kier alpha value is -2.97. The maximum absolute atomic E-state index is 13.3. The first-order chi connectivity index (χ1) is 15.4. The summed E-state index contributed by atoms with van der Waals surface area (Å²) in [6, 6.07) is 14.7. The van der Waals surface area contributed by atoms with Gasteiger partial charge in [-0.2, -0.15) is 0 Å². The molecule has 0 radical (unpaired) electrons. The van der Waals surface area contributed by atoms with E-state index in [1.165, 1.54) is 26.0 Å². The van der Waals surface area contributed by atoms with Crippen molar-refractivity contribution < 1.29 is 14.3 Å². The normalized spacial score (nSPS) is 11.6. The van der Waals surface area contributed by atoms with E-state index in [9.17, 15) is 4.79 Å². The van der Waals surface area contributed by atoms with E-state index in [4.69, 9.17) is 21.1 Å². The summed E-state index contributed by atoms with van der Waals surface area (Å²) in [7, 11) is 4.90. The molecule has 1 N–H and O–H groups in total. The fourth-order valence-electron chi connectivity index (χ4n) is 3.26. The Morgan fingerprint density at radius 3 is 2.38 bits per heavy atom. The van der Waals surface area contributed by atoms with Crippen molar-refractivity contribution in [3.8, 4) is 11.5 Å². The third-order valence-electron chi connectivity index (χ3n) is 4.78. The Bertz CT molecular complexity index is 1070. The minimum absolute atomic E-state index is 0.325. The summed E-state index contributed by atoms with van der Waals surface area (Å²) < 4.78 is 12.7.